The van der Waals surface area contributed by atoms with Gasteiger partial charge in [0.2, 0.25) is 0 Å². The first-order valence-electron chi connectivity index (χ1n) is 5.24. The van der Waals surface area contributed by atoms with E-state index in [9.17, 15) is 0 Å². The molecule has 0 amide bonds. The van der Waals surface area contributed by atoms with Crippen molar-refractivity contribution in [2.24, 2.45) is 0 Å². The Morgan fingerprint density at radius 1 is 1.12 bits per heavy atom. The molecule has 3 heterocycles. The lowest BCUT2D eigenvalue weighted by Gasteiger charge is -1.98. The maximum Gasteiger partial charge on any atom is 0.126 e. The van der Waals surface area contributed by atoms with E-state index in [1.54, 1.807) is 22.7 Å². The summed E-state index contributed by atoms with van der Waals surface area (Å²) in [7, 11) is 0. The molecule has 86 valence electrons. The molecule has 0 aromatic carbocycles. The predicted molar refractivity (Wildman–Crippen MR) is 77.8 cm³/mol. The van der Waals surface area contributed by atoms with Crippen LogP contribution in [0.4, 0.5) is 0 Å². The normalized spacial score (nSPS) is 11.5. The first-order valence-corrected chi connectivity index (χ1v) is 7.28. The number of pyridine rings is 1. The van der Waals surface area contributed by atoms with Gasteiger partial charge in [-0.25, -0.2) is 9.97 Å². The molecule has 0 saturated heterocycles. The molecule has 0 aliphatic carbocycles. The molecular weight excluding hydrogens is 268 g/mol. The molecule has 3 aromatic rings. The second kappa shape index (κ2) is 3.80. The predicted octanol–water partition coefficient (Wildman–Crippen LogP) is 4.56. The van der Waals surface area contributed by atoms with E-state index in [1.165, 1.54) is 5.56 Å². The Balaban J connectivity index is 2.65. The summed E-state index contributed by atoms with van der Waals surface area (Å²) in [6, 6.07) is 2.10. The van der Waals surface area contributed by atoms with Gasteiger partial charge in [0, 0.05) is 11.1 Å². The third-order valence-electron chi connectivity index (χ3n) is 2.66. The monoisotopic (exact) mass is 278 g/mol. The highest BCUT2D eigenvalue weighted by atomic mass is 32.1. The molecule has 0 bridgehead atoms. The molecule has 0 saturated carbocycles. The number of hydrogen-bond donors (Lipinski definition) is 0. The molecule has 0 spiro atoms. The average Bonchev–Trinajstić information content (AvgIpc) is 2.56. The van der Waals surface area contributed by atoms with Crippen LogP contribution in [0.1, 0.15) is 16.3 Å². The number of aromatic nitrogens is 2. The zero-order chi connectivity index (χ0) is 12.2. The van der Waals surface area contributed by atoms with E-state index in [4.69, 9.17) is 12.2 Å². The van der Waals surface area contributed by atoms with Crippen LogP contribution in [0.25, 0.3) is 20.4 Å². The van der Waals surface area contributed by atoms with E-state index in [0.29, 0.717) is 0 Å². The van der Waals surface area contributed by atoms with E-state index in [2.05, 4.69) is 23.0 Å². The summed E-state index contributed by atoms with van der Waals surface area (Å²) in [4.78, 5) is 10.3. The molecule has 0 N–H and O–H groups in total. The standard InChI is InChI=1S/C12H10N2S3/c1-5-4-6(2)13-11-8(5)9-10(17-11)12(15)16-7(3)14-9/h4H,1-3H3. The Morgan fingerprint density at radius 3 is 2.65 bits per heavy atom. The van der Waals surface area contributed by atoms with E-state index >= 15 is 0 Å². The van der Waals surface area contributed by atoms with Gasteiger partial charge in [0.1, 0.15) is 8.65 Å². The van der Waals surface area contributed by atoms with Gasteiger partial charge < -0.3 is 0 Å². The lowest BCUT2D eigenvalue weighted by molar-refractivity contribution is 1.25. The van der Waals surface area contributed by atoms with Crippen LogP contribution in [-0.2, 0) is 0 Å². The molecule has 2 nitrogen and oxygen atoms in total. The van der Waals surface area contributed by atoms with E-state index in [1.807, 2.05) is 13.8 Å². The van der Waals surface area contributed by atoms with Gasteiger partial charge in [0.15, 0.2) is 0 Å². The minimum Gasteiger partial charge on any atom is -0.242 e. The number of nitrogens with zero attached hydrogens (tertiary/aromatic N) is 2. The molecule has 0 aliphatic rings. The highest BCUT2D eigenvalue weighted by Gasteiger charge is 2.12. The summed E-state index contributed by atoms with van der Waals surface area (Å²) in [6.45, 7) is 6.13. The molecule has 3 aromatic heterocycles. The summed E-state index contributed by atoms with van der Waals surface area (Å²) in [5.74, 6) is 0. The Morgan fingerprint density at radius 2 is 1.88 bits per heavy atom. The lowest BCUT2D eigenvalue weighted by atomic mass is 10.1. The van der Waals surface area contributed by atoms with Crippen LogP contribution in [0.15, 0.2) is 6.07 Å². The summed E-state index contributed by atoms with van der Waals surface area (Å²) < 4.78 is 2.03. The molecule has 0 radical (unpaired) electrons. The SMILES string of the molecule is Cc1cc(C)c2c(n1)sc1c(=S)sc(C)nc12. The smallest absolute Gasteiger partial charge is 0.126 e. The topological polar surface area (TPSA) is 25.8 Å². The largest absolute Gasteiger partial charge is 0.242 e. The van der Waals surface area contributed by atoms with Crippen LogP contribution in [-0.4, -0.2) is 9.97 Å². The second-order valence-corrected chi connectivity index (χ2v) is 6.93. The van der Waals surface area contributed by atoms with Crippen molar-refractivity contribution >= 4 is 55.3 Å². The van der Waals surface area contributed by atoms with Crippen LogP contribution in [0.2, 0.25) is 0 Å². The van der Waals surface area contributed by atoms with Crippen molar-refractivity contribution in [2.45, 2.75) is 20.8 Å². The summed E-state index contributed by atoms with van der Waals surface area (Å²) in [6.07, 6.45) is 0. The minimum absolute atomic E-state index is 0.924. The van der Waals surface area contributed by atoms with E-state index < -0.39 is 0 Å². The van der Waals surface area contributed by atoms with Crippen molar-refractivity contribution in [3.05, 3.63) is 26.2 Å². The van der Waals surface area contributed by atoms with E-state index in [0.717, 1.165) is 35.0 Å². The third kappa shape index (κ3) is 1.69. The molecule has 17 heavy (non-hydrogen) atoms. The number of hydrogen-bond acceptors (Lipinski definition) is 5. The van der Waals surface area contributed by atoms with Gasteiger partial charge in [-0.2, -0.15) is 0 Å². The highest BCUT2D eigenvalue weighted by Crippen LogP contribution is 2.35. The van der Waals surface area contributed by atoms with Gasteiger partial charge in [-0.15, -0.1) is 22.7 Å². The molecule has 0 fully saturated rings. The first kappa shape index (κ1) is 11.2. The maximum atomic E-state index is 5.42. The Hall–Kier alpha value is -0.910. The molecule has 0 aliphatic heterocycles. The zero-order valence-electron chi connectivity index (χ0n) is 9.70. The van der Waals surface area contributed by atoms with Gasteiger partial charge in [0.25, 0.3) is 0 Å². The highest BCUT2D eigenvalue weighted by molar-refractivity contribution is 7.74. The molecule has 3 rings (SSSR count). The van der Waals surface area contributed by atoms with Crippen LogP contribution < -0.4 is 0 Å². The average molecular weight is 278 g/mol. The van der Waals surface area contributed by atoms with E-state index in [-0.39, 0.29) is 0 Å². The maximum absolute atomic E-state index is 5.42. The van der Waals surface area contributed by atoms with Crippen LogP contribution >= 0.6 is 34.9 Å². The van der Waals surface area contributed by atoms with Gasteiger partial charge in [0.05, 0.1) is 15.2 Å². The number of thiophene rings is 1. The van der Waals surface area contributed by atoms with Crippen LogP contribution in [0.5, 0.6) is 0 Å². The number of aryl methyl sites for hydroxylation is 3. The van der Waals surface area contributed by atoms with Gasteiger partial charge in [-0.1, -0.05) is 12.2 Å². The van der Waals surface area contributed by atoms with Gasteiger partial charge >= 0.3 is 0 Å². The summed E-state index contributed by atoms with van der Waals surface area (Å²) in [5.41, 5.74) is 3.31. The van der Waals surface area contributed by atoms with Gasteiger partial charge in [-0.3, -0.25) is 0 Å². The first-order chi connectivity index (χ1) is 8.06. The van der Waals surface area contributed by atoms with Gasteiger partial charge in [-0.05, 0) is 32.4 Å². The van der Waals surface area contributed by atoms with Crippen molar-refractivity contribution in [2.75, 3.05) is 0 Å². The lowest BCUT2D eigenvalue weighted by Crippen LogP contribution is -1.84. The third-order valence-corrected chi connectivity index (χ3v) is 5.24. The van der Waals surface area contributed by atoms with Crippen LogP contribution in [0.3, 0.4) is 0 Å². The fraction of sp³-hybridized carbons (Fsp3) is 0.250. The quantitative estimate of drug-likeness (QED) is 0.564. The van der Waals surface area contributed by atoms with Crippen molar-refractivity contribution < 1.29 is 0 Å². The Bertz CT molecular complexity index is 799. The number of fused-ring (bicyclic) bond motifs is 3. The molecule has 0 atom stereocenters. The molecule has 5 heteroatoms. The summed E-state index contributed by atoms with van der Waals surface area (Å²) in [5, 5.41) is 2.18. The van der Waals surface area contributed by atoms with Crippen LogP contribution in [0, 0.1) is 24.6 Å². The zero-order valence-corrected chi connectivity index (χ0v) is 12.1. The summed E-state index contributed by atoms with van der Waals surface area (Å²) >= 11 is 8.65. The Labute approximate surface area is 112 Å². The fourth-order valence-electron chi connectivity index (χ4n) is 2.03. The second-order valence-electron chi connectivity index (χ2n) is 4.06. The number of rotatable bonds is 0. The van der Waals surface area contributed by atoms with Crippen molar-refractivity contribution in [3.8, 4) is 0 Å². The Kier molecular flexibility index (Phi) is 2.50. The fourth-order valence-corrected chi connectivity index (χ4v) is 4.53. The van der Waals surface area contributed by atoms with Crippen molar-refractivity contribution in [1.82, 2.24) is 9.97 Å². The minimum atomic E-state index is 0.924. The van der Waals surface area contributed by atoms with Crippen molar-refractivity contribution in [1.29, 1.82) is 0 Å². The molecule has 0 unspecified atom stereocenters. The van der Waals surface area contributed by atoms with Crippen molar-refractivity contribution in [3.63, 3.8) is 0 Å². The molecular formula is C12H10N2S3.